The molecule has 0 spiro atoms. The van der Waals surface area contributed by atoms with E-state index in [9.17, 15) is 0 Å². The van der Waals surface area contributed by atoms with E-state index in [1.807, 2.05) is 0 Å². The van der Waals surface area contributed by atoms with Gasteiger partial charge < -0.3 is 19.3 Å². The molecule has 3 heterocycles. The molecule has 3 atom stereocenters. The lowest BCUT2D eigenvalue weighted by atomic mass is 9.73. The van der Waals surface area contributed by atoms with Crippen LogP contribution in [0.2, 0.25) is 0 Å². The van der Waals surface area contributed by atoms with Gasteiger partial charge in [-0.25, -0.2) is 0 Å². The number of hydrogen-bond donors (Lipinski definition) is 0. The van der Waals surface area contributed by atoms with Crippen LogP contribution in [-0.4, -0.2) is 31.1 Å². The lowest BCUT2D eigenvalue weighted by Crippen LogP contribution is -2.39. The zero-order valence-electron chi connectivity index (χ0n) is 30.2. The first-order chi connectivity index (χ1) is 26.0. The fourth-order valence-electron chi connectivity index (χ4n) is 9.17. The summed E-state index contributed by atoms with van der Waals surface area (Å²) in [5.41, 5.74) is 11.5. The van der Waals surface area contributed by atoms with Gasteiger partial charge >= 0.3 is 0 Å². The fourth-order valence-corrected chi connectivity index (χ4v) is 9.17. The van der Waals surface area contributed by atoms with Crippen LogP contribution in [0.15, 0.2) is 169 Å². The summed E-state index contributed by atoms with van der Waals surface area (Å²) in [6, 6.07) is 41.2. The molecule has 0 N–H and O–H groups in total. The van der Waals surface area contributed by atoms with Crippen molar-refractivity contribution in [2.75, 3.05) is 25.0 Å². The third-order valence-corrected chi connectivity index (χ3v) is 11.8. The molecule has 3 unspecified atom stereocenters. The van der Waals surface area contributed by atoms with E-state index < -0.39 is 0 Å². The molecule has 53 heavy (non-hydrogen) atoms. The Morgan fingerprint density at radius 2 is 1.45 bits per heavy atom. The van der Waals surface area contributed by atoms with Crippen molar-refractivity contribution in [3.05, 3.63) is 180 Å². The van der Waals surface area contributed by atoms with E-state index in [0.29, 0.717) is 0 Å². The Morgan fingerprint density at radius 3 is 2.26 bits per heavy atom. The molecule has 5 aromatic carbocycles. The largest absolute Gasteiger partial charge is 0.460 e. The molecule has 4 nitrogen and oxygen atoms in total. The van der Waals surface area contributed by atoms with Crippen molar-refractivity contribution >= 4 is 16.9 Å². The fraction of sp³-hybridized carbons (Fsp3) is 0.184. The van der Waals surface area contributed by atoms with E-state index in [1.54, 1.807) is 0 Å². The minimum atomic E-state index is -0.222. The summed E-state index contributed by atoms with van der Waals surface area (Å²) in [5, 5.41) is 0. The van der Waals surface area contributed by atoms with Crippen molar-refractivity contribution in [2.45, 2.75) is 31.2 Å². The minimum Gasteiger partial charge on any atom is -0.460 e. The summed E-state index contributed by atoms with van der Waals surface area (Å²) in [5.74, 6) is 3.74. The van der Waals surface area contributed by atoms with E-state index in [1.165, 1.54) is 28.1 Å². The van der Waals surface area contributed by atoms with Crippen LogP contribution in [0.1, 0.15) is 30.9 Å². The second-order valence-corrected chi connectivity index (χ2v) is 15.1. The third-order valence-electron chi connectivity index (χ3n) is 11.8. The number of rotatable bonds is 3. The van der Waals surface area contributed by atoms with Crippen molar-refractivity contribution in [2.24, 2.45) is 5.92 Å². The molecule has 3 aliphatic heterocycles. The van der Waals surface area contributed by atoms with Gasteiger partial charge in [-0.3, -0.25) is 0 Å². The average molecular weight is 691 g/mol. The lowest BCUT2D eigenvalue weighted by molar-refractivity contribution is 0.334. The number of nitrogens with zero attached hydrogens (tertiary/aromatic N) is 2. The number of benzene rings is 5. The van der Waals surface area contributed by atoms with Gasteiger partial charge in [0.15, 0.2) is 0 Å². The number of hydrogen-bond acceptors (Lipinski definition) is 4. The predicted molar refractivity (Wildman–Crippen MR) is 217 cm³/mol. The van der Waals surface area contributed by atoms with Gasteiger partial charge in [0.05, 0.1) is 6.04 Å². The van der Waals surface area contributed by atoms with Gasteiger partial charge in [-0.2, -0.15) is 0 Å². The Bertz CT molecular complexity index is 2420. The summed E-state index contributed by atoms with van der Waals surface area (Å²) >= 11 is 0. The summed E-state index contributed by atoms with van der Waals surface area (Å²) in [7, 11) is 2.21. The highest BCUT2D eigenvalue weighted by atomic mass is 16.5. The highest BCUT2D eigenvalue weighted by Gasteiger charge is 2.47. The van der Waals surface area contributed by atoms with Crippen LogP contribution in [0.5, 0.6) is 17.2 Å². The number of ether oxygens (including phenoxy) is 2. The van der Waals surface area contributed by atoms with Crippen LogP contribution >= 0.6 is 0 Å². The Morgan fingerprint density at radius 1 is 0.698 bits per heavy atom. The molecule has 10 rings (SSSR count). The molecule has 260 valence electrons. The highest BCUT2D eigenvalue weighted by molar-refractivity contribution is 5.89. The van der Waals surface area contributed by atoms with Gasteiger partial charge in [0.1, 0.15) is 23.0 Å². The minimum absolute atomic E-state index is 0.162. The normalized spacial score (nSPS) is 22.7. The van der Waals surface area contributed by atoms with E-state index >= 15 is 0 Å². The monoisotopic (exact) mass is 690 g/mol. The van der Waals surface area contributed by atoms with Crippen molar-refractivity contribution in [1.29, 1.82) is 0 Å². The van der Waals surface area contributed by atoms with E-state index in [2.05, 4.69) is 182 Å². The quantitative estimate of drug-likeness (QED) is 0.176. The van der Waals surface area contributed by atoms with Gasteiger partial charge in [-0.15, -0.1) is 0 Å². The third kappa shape index (κ3) is 5.31. The smallest absolute Gasteiger partial charge is 0.136 e. The molecule has 4 heteroatoms. The van der Waals surface area contributed by atoms with Gasteiger partial charge in [0.25, 0.3) is 0 Å². The molecule has 0 saturated heterocycles. The van der Waals surface area contributed by atoms with Gasteiger partial charge in [0, 0.05) is 64.5 Å². The maximum absolute atomic E-state index is 7.11. The van der Waals surface area contributed by atoms with Crippen molar-refractivity contribution in [3.63, 3.8) is 0 Å². The average Bonchev–Trinajstić information content (AvgIpc) is 3.47. The summed E-state index contributed by atoms with van der Waals surface area (Å²) in [6.07, 6.45) is 18.1. The van der Waals surface area contributed by atoms with Crippen LogP contribution in [0.4, 0.5) is 11.4 Å². The van der Waals surface area contributed by atoms with E-state index in [0.717, 1.165) is 76.8 Å². The SMILES string of the molecule is CN1CCC=C(C2C=CC3=C(C2)Oc2ccccc2-c2ccccc2Oc2cc(-c4cccc5c4C4(C)C=CC=CC4N5c4ccccc4)ccc23)C1. The number of anilines is 2. The first-order valence-electron chi connectivity index (χ1n) is 18.9. The van der Waals surface area contributed by atoms with Crippen LogP contribution in [0.25, 0.3) is 27.8 Å². The molecule has 5 aromatic rings. The molecule has 2 aliphatic carbocycles. The number of para-hydroxylation sites is 3. The molecule has 0 bridgehead atoms. The first-order valence-corrected chi connectivity index (χ1v) is 18.9. The summed E-state index contributed by atoms with van der Waals surface area (Å²) in [6.45, 7) is 4.47. The zero-order chi connectivity index (χ0) is 35.5. The first kappa shape index (κ1) is 31.9. The predicted octanol–water partition coefficient (Wildman–Crippen LogP) is 11.7. The van der Waals surface area contributed by atoms with Gasteiger partial charge in [0.2, 0.25) is 0 Å². The van der Waals surface area contributed by atoms with Crippen molar-refractivity contribution < 1.29 is 9.47 Å². The van der Waals surface area contributed by atoms with Crippen LogP contribution in [-0.2, 0) is 5.41 Å². The topological polar surface area (TPSA) is 24.9 Å². The second kappa shape index (κ2) is 12.7. The number of likely N-dealkylation sites (N-methyl/N-ethyl adjacent to an activating group) is 1. The molecule has 0 radical (unpaired) electrons. The summed E-state index contributed by atoms with van der Waals surface area (Å²) < 4.78 is 14.2. The maximum Gasteiger partial charge on any atom is 0.136 e. The molecule has 0 saturated carbocycles. The van der Waals surface area contributed by atoms with Crippen LogP contribution < -0.4 is 14.4 Å². The Balaban J connectivity index is 1.15. The number of allylic oxidation sites excluding steroid dienone is 6. The number of fused-ring (bicyclic) bond motifs is 8. The second-order valence-electron chi connectivity index (χ2n) is 15.1. The Kier molecular flexibility index (Phi) is 7.62. The maximum atomic E-state index is 7.11. The Labute approximate surface area is 312 Å². The Hall–Kier alpha value is -5.84. The van der Waals surface area contributed by atoms with Gasteiger partial charge in [-0.1, -0.05) is 121 Å². The van der Waals surface area contributed by atoms with Crippen molar-refractivity contribution in [1.82, 2.24) is 4.90 Å². The van der Waals surface area contributed by atoms with Crippen LogP contribution in [0.3, 0.4) is 0 Å². The van der Waals surface area contributed by atoms with E-state index in [4.69, 9.17) is 9.47 Å². The zero-order valence-corrected chi connectivity index (χ0v) is 30.2. The van der Waals surface area contributed by atoms with E-state index in [-0.39, 0.29) is 17.4 Å². The molecular formula is C49H42N2O2. The molecule has 0 aromatic heterocycles. The molecule has 0 fully saturated rings. The molecular weight excluding hydrogens is 649 g/mol. The molecule has 5 aliphatic rings. The lowest BCUT2D eigenvalue weighted by Gasteiger charge is -2.35. The standard InChI is InChI=1S/C49H42N2O2/c1-49-28-11-10-23-47(49)51(36-15-4-3-5-16-36)42-20-12-19-37(48(42)49)34-25-27-41-40-26-24-33(35-14-13-29-50(2)32-35)30-45(40)52-43-21-8-6-17-38(43)39-18-7-9-22-44(39)53-46(41)31-34/h3-12,14-28,31,33,47H,13,29-30,32H2,1-2H3. The highest BCUT2D eigenvalue weighted by Crippen LogP contribution is 2.55. The van der Waals surface area contributed by atoms with Gasteiger partial charge in [-0.05, 0) is 79.5 Å². The van der Waals surface area contributed by atoms with Crippen molar-refractivity contribution in [3.8, 4) is 39.5 Å². The summed E-state index contributed by atoms with van der Waals surface area (Å²) in [4.78, 5) is 4.92. The van der Waals surface area contributed by atoms with Crippen LogP contribution in [0, 0.1) is 5.92 Å². The molecule has 0 amide bonds.